The predicted octanol–water partition coefficient (Wildman–Crippen LogP) is 3.32. The van der Waals surface area contributed by atoms with Crippen molar-refractivity contribution in [1.29, 1.82) is 0 Å². The summed E-state index contributed by atoms with van der Waals surface area (Å²) < 4.78 is 11.0. The number of nitrogens with one attached hydrogen (secondary N) is 2. The number of carbonyl (C=O) groups is 2. The van der Waals surface area contributed by atoms with Crippen LogP contribution in [0.15, 0.2) is 42.6 Å². The first kappa shape index (κ1) is 22.8. The Bertz CT molecular complexity index is 888. The predicted molar refractivity (Wildman–Crippen MR) is 118 cm³/mol. The number of pyridine rings is 1. The first-order valence-corrected chi connectivity index (χ1v) is 10.6. The lowest BCUT2D eigenvalue weighted by molar-refractivity contribution is -0.138. The molecule has 1 aromatic carbocycles. The third kappa shape index (κ3) is 6.57. The summed E-state index contributed by atoms with van der Waals surface area (Å²) in [5.74, 6) is 0.317. The Kier molecular flexibility index (Phi) is 8.08. The maximum Gasteiger partial charge on any atom is 0.319 e. The number of amides is 3. The number of morpholine rings is 1. The van der Waals surface area contributed by atoms with Gasteiger partial charge >= 0.3 is 6.03 Å². The monoisotopic (exact) mass is 446 g/mol. The summed E-state index contributed by atoms with van der Waals surface area (Å²) in [7, 11) is 0. The summed E-state index contributed by atoms with van der Waals surface area (Å²) in [5.41, 5.74) is 1.28. The van der Waals surface area contributed by atoms with Crippen LogP contribution in [-0.2, 0) is 16.1 Å². The minimum absolute atomic E-state index is 0.0629. The Morgan fingerprint density at radius 3 is 2.65 bits per heavy atom. The van der Waals surface area contributed by atoms with E-state index in [2.05, 4.69) is 15.6 Å². The fourth-order valence-electron chi connectivity index (χ4n) is 3.13. The lowest BCUT2D eigenvalue weighted by atomic mass is 10.0. The Balaban J connectivity index is 1.57. The number of hydrogen-bond acceptors (Lipinski definition) is 5. The standard InChI is InChI=1S/C22H27ClN4O4/c1-15(2)20(21(28)27-9-11-30-12-10-27)26-22(29)25-16-6-7-19(18(23)13-16)31-14-17-5-3-4-8-24-17/h3-8,13,15,20H,9-12,14H2,1-2H3,(H2,25,26,29)/t20-/m0/s1. The van der Waals surface area contributed by atoms with Crippen molar-refractivity contribution >= 4 is 29.2 Å². The van der Waals surface area contributed by atoms with Crippen molar-refractivity contribution in [3.63, 3.8) is 0 Å². The van der Waals surface area contributed by atoms with Crippen molar-refractivity contribution in [3.05, 3.63) is 53.3 Å². The smallest absolute Gasteiger partial charge is 0.319 e. The number of aromatic nitrogens is 1. The quantitative estimate of drug-likeness (QED) is 0.680. The molecule has 2 N–H and O–H groups in total. The lowest BCUT2D eigenvalue weighted by Gasteiger charge is -2.32. The molecule has 0 saturated carbocycles. The van der Waals surface area contributed by atoms with Crippen molar-refractivity contribution in [3.8, 4) is 5.75 Å². The number of hydrogen-bond donors (Lipinski definition) is 2. The Labute approximate surface area is 186 Å². The number of ether oxygens (including phenoxy) is 2. The molecule has 0 aliphatic carbocycles. The van der Waals surface area contributed by atoms with Crippen LogP contribution in [0.5, 0.6) is 5.75 Å². The molecule has 0 radical (unpaired) electrons. The average molecular weight is 447 g/mol. The van der Waals surface area contributed by atoms with E-state index in [1.807, 2.05) is 32.0 Å². The van der Waals surface area contributed by atoms with Gasteiger partial charge in [-0.05, 0) is 36.2 Å². The maximum atomic E-state index is 12.8. The first-order chi connectivity index (χ1) is 14.9. The van der Waals surface area contributed by atoms with E-state index in [9.17, 15) is 9.59 Å². The van der Waals surface area contributed by atoms with E-state index in [0.29, 0.717) is 42.8 Å². The van der Waals surface area contributed by atoms with Crippen molar-refractivity contribution in [1.82, 2.24) is 15.2 Å². The third-order valence-electron chi connectivity index (χ3n) is 4.83. The van der Waals surface area contributed by atoms with Crippen LogP contribution in [0.3, 0.4) is 0 Å². The van der Waals surface area contributed by atoms with Crippen LogP contribution >= 0.6 is 11.6 Å². The molecule has 1 aromatic heterocycles. The molecule has 1 atom stereocenters. The zero-order valence-electron chi connectivity index (χ0n) is 17.6. The van der Waals surface area contributed by atoms with Crippen LogP contribution in [0.1, 0.15) is 19.5 Å². The highest BCUT2D eigenvalue weighted by Gasteiger charge is 2.29. The molecule has 3 amide bonds. The highest BCUT2D eigenvalue weighted by molar-refractivity contribution is 6.32. The van der Waals surface area contributed by atoms with Gasteiger partial charge in [-0.2, -0.15) is 0 Å². The second-order valence-corrected chi connectivity index (χ2v) is 7.92. The van der Waals surface area contributed by atoms with E-state index in [4.69, 9.17) is 21.1 Å². The topological polar surface area (TPSA) is 92.8 Å². The largest absolute Gasteiger partial charge is 0.486 e. The minimum atomic E-state index is -0.630. The van der Waals surface area contributed by atoms with E-state index >= 15 is 0 Å². The maximum absolute atomic E-state index is 12.8. The van der Waals surface area contributed by atoms with Gasteiger partial charge in [0.05, 0.1) is 23.9 Å². The molecule has 2 heterocycles. The molecule has 0 unspecified atom stereocenters. The first-order valence-electron chi connectivity index (χ1n) is 10.2. The van der Waals surface area contributed by atoms with E-state index in [0.717, 1.165) is 5.69 Å². The van der Waals surface area contributed by atoms with E-state index in [1.165, 1.54) is 0 Å². The Morgan fingerprint density at radius 2 is 2.00 bits per heavy atom. The van der Waals surface area contributed by atoms with Gasteiger partial charge in [-0.15, -0.1) is 0 Å². The molecular weight excluding hydrogens is 420 g/mol. The van der Waals surface area contributed by atoms with Crippen LogP contribution < -0.4 is 15.4 Å². The van der Waals surface area contributed by atoms with Crippen molar-refractivity contribution in [2.45, 2.75) is 26.5 Å². The van der Waals surface area contributed by atoms with E-state index in [-0.39, 0.29) is 18.4 Å². The van der Waals surface area contributed by atoms with Crippen molar-refractivity contribution in [2.24, 2.45) is 5.92 Å². The number of rotatable bonds is 7. The van der Waals surface area contributed by atoms with Gasteiger partial charge < -0.3 is 25.0 Å². The number of urea groups is 1. The number of anilines is 1. The molecule has 1 fully saturated rings. The minimum Gasteiger partial charge on any atom is -0.486 e. The molecule has 9 heteroatoms. The van der Waals surface area contributed by atoms with Gasteiger partial charge in [-0.1, -0.05) is 31.5 Å². The van der Waals surface area contributed by atoms with Gasteiger partial charge in [-0.3, -0.25) is 9.78 Å². The second kappa shape index (κ2) is 11.0. The number of benzene rings is 1. The van der Waals surface area contributed by atoms with E-state index < -0.39 is 12.1 Å². The van der Waals surface area contributed by atoms with E-state index in [1.54, 1.807) is 29.3 Å². The molecule has 0 spiro atoms. The molecule has 1 aliphatic heterocycles. The van der Waals surface area contributed by atoms with Gasteiger partial charge in [0.25, 0.3) is 0 Å². The van der Waals surface area contributed by atoms with Gasteiger partial charge in [0.15, 0.2) is 0 Å². The number of nitrogens with zero attached hydrogens (tertiary/aromatic N) is 2. The van der Waals surface area contributed by atoms with Gasteiger partial charge in [0, 0.05) is 25.0 Å². The highest BCUT2D eigenvalue weighted by Crippen LogP contribution is 2.28. The molecule has 3 rings (SSSR count). The van der Waals surface area contributed by atoms with Crippen LogP contribution in [0.25, 0.3) is 0 Å². The summed E-state index contributed by atoms with van der Waals surface area (Å²) >= 11 is 6.30. The Morgan fingerprint density at radius 1 is 1.23 bits per heavy atom. The zero-order valence-corrected chi connectivity index (χ0v) is 18.4. The normalized spacial score (nSPS) is 14.8. The van der Waals surface area contributed by atoms with Gasteiger partial charge in [-0.25, -0.2) is 4.79 Å². The molecule has 1 saturated heterocycles. The van der Waals surface area contributed by atoms with Gasteiger partial charge in [0.1, 0.15) is 18.4 Å². The summed E-state index contributed by atoms with van der Waals surface area (Å²) in [6.45, 7) is 6.16. The number of halogens is 1. The molecule has 0 bridgehead atoms. The molecular formula is C22H27ClN4O4. The second-order valence-electron chi connectivity index (χ2n) is 7.51. The van der Waals surface area contributed by atoms with Crippen LogP contribution in [0.2, 0.25) is 5.02 Å². The molecule has 1 aliphatic rings. The Hall–Kier alpha value is -2.84. The molecule has 2 aromatic rings. The highest BCUT2D eigenvalue weighted by atomic mass is 35.5. The summed E-state index contributed by atoms with van der Waals surface area (Å²) in [5, 5.41) is 5.87. The zero-order chi connectivity index (χ0) is 22.2. The fourth-order valence-corrected chi connectivity index (χ4v) is 3.37. The van der Waals surface area contributed by atoms with Gasteiger partial charge in [0.2, 0.25) is 5.91 Å². The van der Waals surface area contributed by atoms with Crippen LogP contribution in [0.4, 0.5) is 10.5 Å². The summed E-state index contributed by atoms with van der Waals surface area (Å²) in [6.07, 6.45) is 1.69. The summed E-state index contributed by atoms with van der Waals surface area (Å²) in [4.78, 5) is 31.2. The molecule has 166 valence electrons. The lowest BCUT2D eigenvalue weighted by Crippen LogP contribution is -2.54. The third-order valence-corrected chi connectivity index (χ3v) is 5.13. The average Bonchev–Trinajstić information content (AvgIpc) is 2.77. The van der Waals surface area contributed by atoms with Crippen molar-refractivity contribution < 1.29 is 19.1 Å². The molecule has 8 nitrogen and oxygen atoms in total. The molecule has 31 heavy (non-hydrogen) atoms. The SMILES string of the molecule is CC(C)[C@H](NC(=O)Nc1ccc(OCc2ccccn2)c(Cl)c1)C(=O)N1CCOCC1. The fraction of sp³-hybridized carbons (Fsp3) is 0.409. The van der Waals surface area contributed by atoms with Crippen LogP contribution in [-0.4, -0.2) is 54.2 Å². The number of carbonyl (C=O) groups excluding carboxylic acids is 2. The summed E-state index contributed by atoms with van der Waals surface area (Å²) in [6, 6.07) is 9.44. The van der Waals surface area contributed by atoms with Crippen molar-refractivity contribution in [2.75, 3.05) is 31.6 Å². The van der Waals surface area contributed by atoms with Crippen LogP contribution in [0, 0.1) is 5.92 Å².